The maximum atomic E-state index is 14.0. The molecule has 0 saturated carbocycles. The standard InChI is InChI=1S/C28H25FN8O/c1-15(2)6-24(38)33-20-8-17(10-30-12-20)18-9-21-26(36-37-27(21)32-11-18)28-34-23-14-31-13-22(25(23)35-28)16-4-3-5-19(29)7-16/h3-4,7-15,19H,5-6H2,1-2H3,(H,33,38)(H,34,35)(H,32,36,37). The molecule has 5 heterocycles. The summed E-state index contributed by atoms with van der Waals surface area (Å²) < 4.78 is 14.0. The van der Waals surface area contributed by atoms with Crippen molar-refractivity contribution >= 4 is 39.2 Å². The van der Waals surface area contributed by atoms with Gasteiger partial charge in [-0.25, -0.2) is 14.4 Å². The number of hydrogen-bond donors (Lipinski definition) is 3. The molecule has 38 heavy (non-hydrogen) atoms. The van der Waals surface area contributed by atoms with E-state index in [1.807, 2.05) is 38.1 Å². The number of pyridine rings is 3. The number of hydrogen-bond acceptors (Lipinski definition) is 6. The monoisotopic (exact) mass is 508 g/mol. The van der Waals surface area contributed by atoms with Crippen molar-refractivity contribution in [2.45, 2.75) is 32.9 Å². The Kier molecular flexibility index (Phi) is 5.99. The van der Waals surface area contributed by atoms with Crippen molar-refractivity contribution in [2.75, 3.05) is 5.32 Å². The molecule has 5 aromatic heterocycles. The second-order valence-corrected chi connectivity index (χ2v) is 9.75. The molecule has 0 bridgehead atoms. The highest BCUT2D eigenvalue weighted by Crippen LogP contribution is 2.32. The van der Waals surface area contributed by atoms with E-state index in [2.05, 4.69) is 35.5 Å². The van der Waals surface area contributed by atoms with Crippen LogP contribution in [0.4, 0.5) is 10.1 Å². The number of halogens is 1. The zero-order valence-corrected chi connectivity index (χ0v) is 20.9. The molecule has 1 atom stereocenters. The van der Waals surface area contributed by atoms with Crippen LogP contribution in [-0.2, 0) is 4.79 Å². The lowest BCUT2D eigenvalue weighted by Gasteiger charge is -2.10. The number of amides is 1. The molecule has 0 saturated heterocycles. The van der Waals surface area contributed by atoms with E-state index >= 15 is 0 Å². The lowest BCUT2D eigenvalue weighted by Crippen LogP contribution is -2.13. The third kappa shape index (κ3) is 4.56. The molecule has 10 heteroatoms. The quantitative estimate of drug-likeness (QED) is 0.273. The highest BCUT2D eigenvalue weighted by Gasteiger charge is 2.18. The molecule has 0 radical (unpaired) electrons. The Bertz CT molecular complexity index is 1730. The smallest absolute Gasteiger partial charge is 0.224 e. The fraction of sp³-hybridized carbons (Fsp3) is 0.214. The Morgan fingerprint density at radius 3 is 2.82 bits per heavy atom. The minimum absolute atomic E-state index is 0.0510. The van der Waals surface area contributed by atoms with Gasteiger partial charge >= 0.3 is 0 Å². The van der Waals surface area contributed by atoms with Gasteiger partial charge in [0.2, 0.25) is 5.91 Å². The molecular formula is C28H25FN8O. The fourth-order valence-electron chi connectivity index (χ4n) is 4.57. The zero-order valence-electron chi connectivity index (χ0n) is 20.9. The van der Waals surface area contributed by atoms with Crippen molar-refractivity contribution in [3.05, 3.63) is 66.9 Å². The predicted octanol–water partition coefficient (Wildman–Crippen LogP) is 5.62. The second-order valence-electron chi connectivity index (χ2n) is 9.75. The van der Waals surface area contributed by atoms with Crippen LogP contribution >= 0.6 is 0 Å². The minimum atomic E-state index is -1.03. The van der Waals surface area contributed by atoms with Gasteiger partial charge in [-0.3, -0.25) is 19.9 Å². The first-order chi connectivity index (χ1) is 18.4. The fourth-order valence-corrected chi connectivity index (χ4v) is 4.57. The molecule has 0 spiro atoms. The number of H-pyrrole nitrogens is 2. The van der Waals surface area contributed by atoms with Gasteiger partial charge in [0, 0.05) is 48.1 Å². The first kappa shape index (κ1) is 23.7. The van der Waals surface area contributed by atoms with Crippen molar-refractivity contribution in [1.82, 2.24) is 35.1 Å². The van der Waals surface area contributed by atoms with Gasteiger partial charge in [-0.2, -0.15) is 5.10 Å². The van der Waals surface area contributed by atoms with Crippen LogP contribution in [0.5, 0.6) is 0 Å². The first-order valence-corrected chi connectivity index (χ1v) is 12.4. The summed E-state index contributed by atoms with van der Waals surface area (Å²) in [5.41, 5.74) is 6.38. The van der Waals surface area contributed by atoms with Crippen molar-refractivity contribution < 1.29 is 9.18 Å². The van der Waals surface area contributed by atoms with Gasteiger partial charge in [0.05, 0.1) is 34.5 Å². The van der Waals surface area contributed by atoms with E-state index < -0.39 is 6.17 Å². The average molecular weight is 509 g/mol. The largest absolute Gasteiger partial charge is 0.335 e. The van der Waals surface area contributed by atoms with Crippen LogP contribution in [0.25, 0.3) is 50.3 Å². The van der Waals surface area contributed by atoms with E-state index in [1.165, 1.54) is 0 Å². The highest BCUT2D eigenvalue weighted by molar-refractivity contribution is 5.97. The van der Waals surface area contributed by atoms with Gasteiger partial charge in [-0.1, -0.05) is 26.0 Å². The van der Waals surface area contributed by atoms with E-state index in [-0.39, 0.29) is 11.8 Å². The molecule has 0 fully saturated rings. The van der Waals surface area contributed by atoms with Crippen LogP contribution in [0.1, 0.15) is 32.3 Å². The summed E-state index contributed by atoms with van der Waals surface area (Å²) in [6.07, 6.45) is 13.6. The summed E-state index contributed by atoms with van der Waals surface area (Å²) in [6.45, 7) is 4.00. The number of nitrogens with zero attached hydrogens (tertiary/aromatic N) is 5. The summed E-state index contributed by atoms with van der Waals surface area (Å²) >= 11 is 0. The molecule has 0 aliphatic heterocycles. The van der Waals surface area contributed by atoms with E-state index in [1.54, 1.807) is 37.1 Å². The Labute approximate surface area is 217 Å². The topological polar surface area (TPSA) is 125 Å². The summed E-state index contributed by atoms with van der Waals surface area (Å²) in [4.78, 5) is 33.5. The van der Waals surface area contributed by atoms with Crippen LogP contribution in [0.3, 0.4) is 0 Å². The molecule has 3 N–H and O–H groups in total. The molecular weight excluding hydrogens is 483 g/mol. The molecule has 0 aromatic carbocycles. The third-order valence-corrected chi connectivity index (χ3v) is 6.31. The maximum absolute atomic E-state index is 14.0. The number of imidazole rings is 1. The number of anilines is 1. The van der Waals surface area contributed by atoms with Gasteiger partial charge in [0.25, 0.3) is 0 Å². The third-order valence-electron chi connectivity index (χ3n) is 6.31. The minimum Gasteiger partial charge on any atom is -0.335 e. The van der Waals surface area contributed by atoms with Gasteiger partial charge < -0.3 is 10.3 Å². The number of carbonyl (C=O) groups excluding carboxylic acids is 1. The number of rotatable bonds is 6. The van der Waals surface area contributed by atoms with E-state index in [0.717, 1.165) is 33.2 Å². The van der Waals surface area contributed by atoms with Crippen molar-refractivity contribution in [1.29, 1.82) is 0 Å². The summed E-state index contributed by atoms with van der Waals surface area (Å²) in [5, 5.41) is 11.1. The van der Waals surface area contributed by atoms with E-state index in [0.29, 0.717) is 41.2 Å². The predicted molar refractivity (Wildman–Crippen MR) is 145 cm³/mol. The average Bonchev–Trinajstić information content (AvgIpc) is 3.52. The van der Waals surface area contributed by atoms with E-state index in [4.69, 9.17) is 4.98 Å². The lowest BCUT2D eigenvalue weighted by atomic mass is 9.99. The van der Waals surface area contributed by atoms with Crippen molar-refractivity contribution in [2.24, 2.45) is 5.92 Å². The molecule has 1 unspecified atom stereocenters. The van der Waals surface area contributed by atoms with Crippen LogP contribution < -0.4 is 5.32 Å². The second kappa shape index (κ2) is 9.62. The number of alkyl halides is 1. The molecule has 9 nitrogen and oxygen atoms in total. The van der Waals surface area contributed by atoms with Crippen LogP contribution in [0.2, 0.25) is 0 Å². The molecule has 6 rings (SSSR count). The number of aromatic amines is 2. The zero-order chi connectivity index (χ0) is 26.2. The van der Waals surface area contributed by atoms with Gasteiger partial charge in [0.15, 0.2) is 11.5 Å². The maximum Gasteiger partial charge on any atom is 0.224 e. The van der Waals surface area contributed by atoms with Crippen molar-refractivity contribution in [3.8, 4) is 22.6 Å². The van der Waals surface area contributed by atoms with Gasteiger partial charge in [-0.05, 0) is 29.7 Å². The number of aromatic nitrogens is 7. The van der Waals surface area contributed by atoms with E-state index in [9.17, 15) is 9.18 Å². The Balaban J connectivity index is 1.37. The van der Waals surface area contributed by atoms with Gasteiger partial charge in [-0.15, -0.1) is 0 Å². The molecule has 1 amide bonds. The summed E-state index contributed by atoms with van der Waals surface area (Å²) in [5.74, 6) is 0.758. The lowest BCUT2D eigenvalue weighted by molar-refractivity contribution is -0.116. The molecule has 1 aliphatic carbocycles. The molecule has 190 valence electrons. The highest BCUT2D eigenvalue weighted by atomic mass is 19.1. The summed E-state index contributed by atoms with van der Waals surface area (Å²) in [7, 11) is 0. The molecule has 1 aliphatic rings. The van der Waals surface area contributed by atoms with Gasteiger partial charge in [0.1, 0.15) is 11.9 Å². The van der Waals surface area contributed by atoms with Crippen LogP contribution in [0, 0.1) is 5.92 Å². The number of nitrogens with one attached hydrogen (secondary N) is 3. The first-order valence-electron chi connectivity index (χ1n) is 12.4. The SMILES string of the molecule is CC(C)CC(=O)Nc1cncc(-c2cnc3[nH]nc(-c4nc5c(C6=CC(F)CC=C6)cncc5[nH]4)c3c2)c1. The molecule has 5 aromatic rings. The normalized spacial score (nSPS) is 15.4. The Morgan fingerprint density at radius 2 is 1.97 bits per heavy atom. The number of allylic oxidation sites excluding steroid dienone is 4. The Hall–Kier alpha value is -4.73. The number of carbonyl (C=O) groups is 1. The Morgan fingerprint density at radius 1 is 1.13 bits per heavy atom. The number of fused-ring (bicyclic) bond motifs is 2. The van der Waals surface area contributed by atoms with Crippen LogP contribution in [0.15, 0.2) is 61.3 Å². The summed E-state index contributed by atoms with van der Waals surface area (Å²) in [6, 6.07) is 3.83. The van der Waals surface area contributed by atoms with Crippen molar-refractivity contribution in [3.63, 3.8) is 0 Å². The van der Waals surface area contributed by atoms with Crippen LogP contribution in [-0.4, -0.2) is 47.2 Å².